The Hall–Kier alpha value is -1.81. The highest BCUT2D eigenvalue weighted by molar-refractivity contribution is 5.97. The van der Waals surface area contributed by atoms with Gasteiger partial charge in [-0.1, -0.05) is 12.1 Å². The van der Waals surface area contributed by atoms with Crippen molar-refractivity contribution in [2.45, 2.75) is 12.8 Å². The van der Waals surface area contributed by atoms with Crippen molar-refractivity contribution in [3.8, 4) is 0 Å². The molecule has 0 amide bonds. The smallest absolute Gasteiger partial charge is 0.0951 e. The number of aromatic nitrogens is 1. The average Bonchev–Trinajstić information content (AvgIpc) is 3.23. The van der Waals surface area contributed by atoms with E-state index in [-0.39, 0.29) is 0 Å². The Bertz CT molecular complexity index is 566. The van der Waals surface area contributed by atoms with Gasteiger partial charge in [0.05, 0.1) is 17.8 Å². The summed E-state index contributed by atoms with van der Waals surface area (Å²) >= 11 is 0. The summed E-state index contributed by atoms with van der Waals surface area (Å²) in [5.74, 6) is 0.821. The number of anilines is 2. The lowest BCUT2D eigenvalue weighted by Gasteiger charge is -2.10. The van der Waals surface area contributed by atoms with Crippen LogP contribution in [0.4, 0.5) is 11.4 Å². The van der Waals surface area contributed by atoms with Crippen LogP contribution in [0, 0.1) is 5.92 Å². The Morgan fingerprint density at radius 3 is 3.05 bits per heavy atom. The number of fused-ring (bicyclic) bond motifs is 1. The SMILES string of the molecule is Nc1cccc2c(NCCOCC3CC3)ccnc12. The number of nitrogens with zero attached hydrogens (tertiary/aromatic N) is 1. The maximum atomic E-state index is 5.93. The van der Waals surface area contributed by atoms with Gasteiger partial charge in [-0.25, -0.2) is 0 Å². The first kappa shape index (κ1) is 12.2. The van der Waals surface area contributed by atoms with Gasteiger partial charge in [-0.2, -0.15) is 0 Å². The Labute approximate surface area is 113 Å². The quantitative estimate of drug-likeness (QED) is 0.617. The molecule has 100 valence electrons. The number of benzene rings is 1. The zero-order valence-electron chi connectivity index (χ0n) is 10.9. The lowest BCUT2D eigenvalue weighted by Crippen LogP contribution is -2.11. The molecule has 1 heterocycles. The van der Waals surface area contributed by atoms with E-state index in [2.05, 4.69) is 10.3 Å². The first-order chi connectivity index (χ1) is 9.34. The van der Waals surface area contributed by atoms with Crippen molar-refractivity contribution in [1.29, 1.82) is 0 Å². The summed E-state index contributed by atoms with van der Waals surface area (Å²) in [6, 6.07) is 7.83. The van der Waals surface area contributed by atoms with Crippen molar-refractivity contribution in [1.82, 2.24) is 4.98 Å². The molecule has 0 saturated heterocycles. The van der Waals surface area contributed by atoms with Crippen LogP contribution >= 0.6 is 0 Å². The highest BCUT2D eigenvalue weighted by Crippen LogP contribution is 2.28. The van der Waals surface area contributed by atoms with Crippen molar-refractivity contribution in [2.24, 2.45) is 5.92 Å². The van der Waals surface area contributed by atoms with Crippen molar-refractivity contribution in [3.63, 3.8) is 0 Å². The van der Waals surface area contributed by atoms with Gasteiger partial charge in [0.2, 0.25) is 0 Å². The van der Waals surface area contributed by atoms with Crippen LogP contribution in [0.1, 0.15) is 12.8 Å². The lowest BCUT2D eigenvalue weighted by molar-refractivity contribution is 0.134. The first-order valence-corrected chi connectivity index (χ1v) is 6.79. The second kappa shape index (κ2) is 5.45. The summed E-state index contributed by atoms with van der Waals surface area (Å²) in [6.45, 7) is 2.45. The standard InChI is InChI=1S/C15H19N3O/c16-13-3-1-2-12-14(6-7-18-15(12)13)17-8-9-19-10-11-4-5-11/h1-3,6-7,11H,4-5,8-10,16H2,(H,17,18). The van der Waals surface area contributed by atoms with Gasteiger partial charge < -0.3 is 15.8 Å². The molecule has 2 aromatic rings. The first-order valence-electron chi connectivity index (χ1n) is 6.79. The van der Waals surface area contributed by atoms with E-state index < -0.39 is 0 Å². The summed E-state index contributed by atoms with van der Waals surface area (Å²) in [7, 11) is 0. The normalized spacial score (nSPS) is 14.7. The molecule has 3 rings (SSSR count). The van der Waals surface area contributed by atoms with Crippen LogP contribution in [0.5, 0.6) is 0 Å². The molecular weight excluding hydrogens is 238 g/mol. The second-order valence-corrected chi connectivity index (χ2v) is 5.05. The van der Waals surface area contributed by atoms with Gasteiger partial charge in [0.25, 0.3) is 0 Å². The molecule has 1 saturated carbocycles. The second-order valence-electron chi connectivity index (χ2n) is 5.05. The summed E-state index contributed by atoms with van der Waals surface area (Å²) in [6.07, 6.45) is 4.45. The van der Waals surface area contributed by atoms with Gasteiger partial charge in [-0.05, 0) is 30.9 Å². The summed E-state index contributed by atoms with van der Waals surface area (Å²) in [5.41, 5.74) is 8.56. The van der Waals surface area contributed by atoms with Gasteiger partial charge in [-0.3, -0.25) is 4.98 Å². The van der Waals surface area contributed by atoms with Crippen LogP contribution in [0.3, 0.4) is 0 Å². The molecule has 19 heavy (non-hydrogen) atoms. The summed E-state index contributed by atoms with van der Waals surface area (Å²) < 4.78 is 5.61. The average molecular weight is 257 g/mol. The fourth-order valence-corrected chi connectivity index (χ4v) is 2.15. The predicted octanol–water partition coefficient (Wildman–Crippen LogP) is 2.66. The molecule has 1 aliphatic rings. The fourth-order valence-electron chi connectivity index (χ4n) is 2.15. The van der Waals surface area contributed by atoms with Gasteiger partial charge in [0.15, 0.2) is 0 Å². The summed E-state index contributed by atoms with van der Waals surface area (Å²) in [5, 5.41) is 4.45. The van der Waals surface area contributed by atoms with Crippen LogP contribution < -0.4 is 11.1 Å². The molecule has 1 fully saturated rings. The molecular formula is C15H19N3O. The number of pyridine rings is 1. The minimum absolute atomic E-state index is 0.714. The third-order valence-electron chi connectivity index (χ3n) is 3.41. The fraction of sp³-hybridized carbons (Fsp3) is 0.400. The van der Waals surface area contributed by atoms with E-state index in [0.29, 0.717) is 5.69 Å². The third-order valence-corrected chi connectivity index (χ3v) is 3.41. The zero-order valence-corrected chi connectivity index (χ0v) is 10.9. The van der Waals surface area contributed by atoms with Crippen LogP contribution in [-0.2, 0) is 4.74 Å². The molecule has 0 spiro atoms. The molecule has 0 unspecified atom stereocenters. The van der Waals surface area contributed by atoms with E-state index in [9.17, 15) is 0 Å². The largest absolute Gasteiger partial charge is 0.397 e. The van der Waals surface area contributed by atoms with Gasteiger partial charge in [0, 0.05) is 30.4 Å². The Morgan fingerprint density at radius 2 is 2.21 bits per heavy atom. The van der Waals surface area contributed by atoms with Crippen LogP contribution in [0.15, 0.2) is 30.5 Å². The molecule has 4 nitrogen and oxygen atoms in total. The van der Waals surface area contributed by atoms with Crippen molar-refractivity contribution in [3.05, 3.63) is 30.5 Å². The number of ether oxygens (including phenoxy) is 1. The van der Waals surface area contributed by atoms with E-state index in [1.165, 1.54) is 12.8 Å². The van der Waals surface area contributed by atoms with E-state index in [0.717, 1.165) is 42.3 Å². The lowest BCUT2D eigenvalue weighted by atomic mass is 10.1. The Kier molecular flexibility index (Phi) is 3.51. The van der Waals surface area contributed by atoms with Crippen LogP contribution in [0.25, 0.3) is 10.9 Å². The zero-order chi connectivity index (χ0) is 13.1. The summed E-state index contributed by atoms with van der Waals surface area (Å²) in [4.78, 5) is 4.32. The van der Waals surface area contributed by atoms with Gasteiger partial charge >= 0.3 is 0 Å². The Morgan fingerprint density at radius 1 is 1.32 bits per heavy atom. The molecule has 3 N–H and O–H groups in total. The molecule has 0 atom stereocenters. The minimum atomic E-state index is 0.714. The molecule has 0 radical (unpaired) electrons. The van der Waals surface area contributed by atoms with Gasteiger partial charge in [0.1, 0.15) is 0 Å². The van der Waals surface area contributed by atoms with Gasteiger partial charge in [-0.15, -0.1) is 0 Å². The van der Waals surface area contributed by atoms with E-state index >= 15 is 0 Å². The van der Waals surface area contributed by atoms with E-state index in [1.807, 2.05) is 24.3 Å². The number of rotatable bonds is 6. The number of nitrogens with one attached hydrogen (secondary N) is 1. The number of para-hydroxylation sites is 1. The number of nitrogen functional groups attached to an aromatic ring is 1. The highest BCUT2D eigenvalue weighted by Gasteiger charge is 2.20. The number of hydrogen-bond acceptors (Lipinski definition) is 4. The topological polar surface area (TPSA) is 60.2 Å². The van der Waals surface area contributed by atoms with E-state index in [1.54, 1.807) is 6.20 Å². The molecule has 4 heteroatoms. The molecule has 1 aliphatic carbocycles. The van der Waals surface area contributed by atoms with Crippen molar-refractivity contribution < 1.29 is 4.74 Å². The number of nitrogens with two attached hydrogens (primary N) is 1. The highest BCUT2D eigenvalue weighted by atomic mass is 16.5. The maximum Gasteiger partial charge on any atom is 0.0951 e. The molecule has 1 aromatic heterocycles. The van der Waals surface area contributed by atoms with Crippen LogP contribution in [-0.4, -0.2) is 24.7 Å². The monoisotopic (exact) mass is 257 g/mol. The van der Waals surface area contributed by atoms with Crippen molar-refractivity contribution >= 4 is 22.3 Å². The van der Waals surface area contributed by atoms with E-state index in [4.69, 9.17) is 10.5 Å². The maximum absolute atomic E-state index is 5.93. The third kappa shape index (κ3) is 2.96. The minimum Gasteiger partial charge on any atom is -0.397 e. The van der Waals surface area contributed by atoms with Crippen LogP contribution in [0.2, 0.25) is 0 Å². The number of hydrogen-bond donors (Lipinski definition) is 2. The van der Waals surface area contributed by atoms with Crippen molar-refractivity contribution in [2.75, 3.05) is 30.8 Å². The molecule has 0 aliphatic heterocycles. The molecule has 1 aromatic carbocycles. The Balaban J connectivity index is 1.61. The predicted molar refractivity (Wildman–Crippen MR) is 78.2 cm³/mol. The molecule has 0 bridgehead atoms.